The van der Waals surface area contributed by atoms with E-state index in [9.17, 15) is 18.4 Å². The molecule has 0 saturated heterocycles. The average Bonchev–Trinajstić information content (AvgIpc) is 3.10. The van der Waals surface area contributed by atoms with Crippen LogP contribution in [0.3, 0.4) is 0 Å². The van der Waals surface area contributed by atoms with Crippen LogP contribution >= 0.6 is 11.3 Å². The summed E-state index contributed by atoms with van der Waals surface area (Å²) in [5.74, 6) is -1.51. The Morgan fingerprint density at radius 2 is 2.04 bits per heavy atom. The largest absolute Gasteiger partial charge is 0.344 e. The van der Waals surface area contributed by atoms with Crippen LogP contribution in [0, 0.1) is 12.7 Å². The number of amides is 2. The molecule has 28 heavy (non-hydrogen) atoms. The molecule has 0 radical (unpaired) electrons. The zero-order valence-electron chi connectivity index (χ0n) is 15.3. The van der Waals surface area contributed by atoms with E-state index in [1.54, 1.807) is 12.1 Å². The minimum Gasteiger partial charge on any atom is -0.344 e. The molecule has 1 aromatic carbocycles. The maximum absolute atomic E-state index is 13.7. The van der Waals surface area contributed by atoms with Gasteiger partial charge in [-0.3, -0.25) is 9.59 Å². The number of aryl methyl sites for hydroxylation is 1. The summed E-state index contributed by atoms with van der Waals surface area (Å²) in [6, 6.07) is 8.64. The van der Waals surface area contributed by atoms with Crippen LogP contribution in [0.4, 0.5) is 8.78 Å². The van der Waals surface area contributed by atoms with Gasteiger partial charge in [-0.2, -0.15) is 0 Å². The van der Waals surface area contributed by atoms with Crippen LogP contribution in [0.25, 0.3) is 0 Å². The first kappa shape index (κ1) is 19.9. The van der Waals surface area contributed by atoms with Crippen LogP contribution in [0.15, 0.2) is 60.0 Å². The number of benzene rings is 1. The van der Waals surface area contributed by atoms with Gasteiger partial charge in [0.2, 0.25) is 5.91 Å². The lowest BCUT2D eigenvalue weighted by Crippen LogP contribution is -2.39. The normalized spacial score (nSPS) is 14.7. The van der Waals surface area contributed by atoms with Gasteiger partial charge in [0.05, 0.1) is 17.5 Å². The lowest BCUT2D eigenvalue weighted by atomic mass is 9.93. The molecular formula is C21H20F2N2O2S. The Balaban J connectivity index is 1.71. The third-order valence-corrected chi connectivity index (χ3v) is 5.28. The molecular weight excluding hydrogens is 382 g/mol. The lowest BCUT2D eigenvalue weighted by Gasteiger charge is -2.23. The van der Waals surface area contributed by atoms with E-state index in [0.29, 0.717) is 28.9 Å². The van der Waals surface area contributed by atoms with E-state index < -0.39 is 17.8 Å². The number of carbonyl (C=O) groups excluding carboxylic acids is 2. The van der Waals surface area contributed by atoms with Gasteiger partial charge in [0.1, 0.15) is 11.6 Å². The summed E-state index contributed by atoms with van der Waals surface area (Å²) in [6.07, 6.45) is 4.01. The smallest absolute Gasteiger partial charge is 0.261 e. The van der Waals surface area contributed by atoms with E-state index in [1.807, 2.05) is 19.1 Å². The Labute approximate surface area is 166 Å². The summed E-state index contributed by atoms with van der Waals surface area (Å²) in [6.45, 7) is 1.66. The van der Waals surface area contributed by atoms with E-state index >= 15 is 0 Å². The summed E-state index contributed by atoms with van der Waals surface area (Å²) in [4.78, 5) is 26.0. The molecule has 1 aliphatic carbocycles. The fourth-order valence-corrected chi connectivity index (χ4v) is 3.74. The van der Waals surface area contributed by atoms with Gasteiger partial charge in [-0.1, -0.05) is 18.2 Å². The molecule has 7 heteroatoms. The lowest BCUT2D eigenvalue weighted by molar-refractivity contribution is -0.120. The second kappa shape index (κ2) is 8.93. The van der Waals surface area contributed by atoms with E-state index in [2.05, 4.69) is 10.6 Å². The van der Waals surface area contributed by atoms with Gasteiger partial charge in [0.15, 0.2) is 0 Å². The number of carbonyl (C=O) groups is 2. The molecule has 4 nitrogen and oxygen atoms in total. The first-order valence-electron chi connectivity index (χ1n) is 8.88. The number of allylic oxidation sites excluding steroid dienone is 2. The Kier molecular flexibility index (Phi) is 6.36. The van der Waals surface area contributed by atoms with Crippen molar-refractivity contribution in [1.29, 1.82) is 0 Å². The maximum atomic E-state index is 13.7. The molecule has 1 aromatic heterocycles. The molecule has 1 atom stereocenters. The topological polar surface area (TPSA) is 58.2 Å². The molecule has 3 rings (SSSR count). The Morgan fingerprint density at radius 1 is 1.21 bits per heavy atom. The highest BCUT2D eigenvalue weighted by atomic mass is 32.1. The standard InChI is InChI=1S/C21H20F2N2O2S/c1-13-8-9-18(28-13)21(27)24-12-19(26)25-20(14-4-2-6-16(22)10-14)15-5-3-7-17(23)11-15/h2,4-6,8-11,20H,3,7,12H2,1H3,(H,24,27)(H,25,26). The SMILES string of the molecule is Cc1ccc(C(=O)NCC(=O)NC(C2=CCCC(F)=C2)c2cccc(F)c2)s1. The van der Waals surface area contributed by atoms with Gasteiger partial charge < -0.3 is 10.6 Å². The Hall–Kier alpha value is -2.80. The highest BCUT2D eigenvalue weighted by Crippen LogP contribution is 2.29. The number of thiophene rings is 1. The maximum Gasteiger partial charge on any atom is 0.261 e. The molecule has 1 heterocycles. The van der Waals surface area contributed by atoms with Gasteiger partial charge >= 0.3 is 0 Å². The van der Waals surface area contributed by atoms with Crippen LogP contribution in [0.5, 0.6) is 0 Å². The zero-order valence-corrected chi connectivity index (χ0v) is 16.1. The minimum absolute atomic E-state index is 0.235. The monoisotopic (exact) mass is 402 g/mol. The van der Waals surface area contributed by atoms with Crippen molar-refractivity contribution in [3.8, 4) is 0 Å². The van der Waals surface area contributed by atoms with Crippen molar-refractivity contribution in [2.45, 2.75) is 25.8 Å². The molecule has 2 aromatic rings. The quantitative estimate of drug-likeness (QED) is 0.754. The van der Waals surface area contributed by atoms with Crippen molar-refractivity contribution in [2.24, 2.45) is 0 Å². The zero-order chi connectivity index (χ0) is 20.1. The van der Waals surface area contributed by atoms with E-state index in [1.165, 1.54) is 35.6 Å². The molecule has 1 aliphatic rings. The van der Waals surface area contributed by atoms with Crippen LogP contribution in [-0.2, 0) is 4.79 Å². The van der Waals surface area contributed by atoms with Crippen molar-refractivity contribution in [1.82, 2.24) is 10.6 Å². The number of halogens is 2. The van der Waals surface area contributed by atoms with Gasteiger partial charge in [-0.15, -0.1) is 11.3 Å². The number of hydrogen-bond donors (Lipinski definition) is 2. The van der Waals surface area contributed by atoms with Crippen LogP contribution in [0.2, 0.25) is 0 Å². The molecule has 2 amide bonds. The highest BCUT2D eigenvalue weighted by Gasteiger charge is 2.21. The summed E-state index contributed by atoms with van der Waals surface area (Å²) >= 11 is 1.34. The van der Waals surface area contributed by atoms with Crippen molar-refractivity contribution in [3.05, 3.63) is 81.1 Å². The van der Waals surface area contributed by atoms with E-state index in [4.69, 9.17) is 0 Å². The Bertz CT molecular complexity index is 949. The fraction of sp³-hybridized carbons (Fsp3) is 0.238. The molecule has 0 aliphatic heterocycles. The summed E-state index contributed by atoms with van der Waals surface area (Å²) in [7, 11) is 0. The van der Waals surface area contributed by atoms with Crippen molar-refractivity contribution >= 4 is 23.2 Å². The molecule has 0 bridgehead atoms. The van der Waals surface area contributed by atoms with E-state index in [0.717, 1.165) is 4.88 Å². The molecule has 0 fully saturated rings. The molecule has 2 N–H and O–H groups in total. The first-order chi connectivity index (χ1) is 13.4. The third kappa shape index (κ3) is 5.13. The third-order valence-electron chi connectivity index (χ3n) is 4.28. The Morgan fingerprint density at radius 3 is 2.71 bits per heavy atom. The molecule has 1 unspecified atom stereocenters. The summed E-state index contributed by atoms with van der Waals surface area (Å²) < 4.78 is 27.4. The van der Waals surface area contributed by atoms with Crippen LogP contribution in [0.1, 0.15) is 39.0 Å². The fourth-order valence-electron chi connectivity index (χ4n) is 2.95. The van der Waals surface area contributed by atoms with Crippen LogP contribution in [-0.4, -0.2) is 18.4 Å². The second-order valence-corrected chi connectivity index (χ2v) is 7.77. The molecule has 0 spiro atoms. The average molecular weight is 402 g/mol. The van der Waals surface area contributed by atoms with Gasteiger partial charge in [-0.05, 0) is 54.8 Å². The summed E-state index contributed by atoms with van der Waals surface area (Å²) in [5.41, 5.74) is 1.06. The van der Waals surface area contributed by atoms with Gasteiger partial charge in [0.25, 0.3) is 5.91 Å². The van der Waals surface area contributed by atoms with Gasteiger partial charge in [0, 0.05) is 11.3 Å². The number of hydrogen-bond acceptors (Lipinski definition) is 3. The number of rotatable bonds is 6. The van der Waals surface area contributed by atoms with E-state index in [-0.39, 0.29) is 18.3 Å². The summed E-state index contributed by atoms with van der Waals surface area (Å²) in [5, 5.41) is 5.33. The second-order valence-electron chi connectivity index (χ2n) is 6.48. The van der Waals surface area contributed by atoms with Crippen LogP contribution < -0.4 is 10.6 Å². The predicted molar refractivity (Wildman–Crippen MR) is 105 cm³/mol. The first-order valence-corrected chi connectivity index (χ1v) is 9.69. The van der Waals surface area contributed by atoms with Gasteiger partial charge in [-0.25, -0.2) is 8.78 Å². The molecule has 0 saturated carbocycles. The number of nitrogens with one attached hydrogen (secondary N) is 2. The molecule has 146 valence electrons. The predicted octanol–water partition coefficient (Wildman–Crippen LogP) is 4.36. The van der Waals surface area contributed by atoms with Crippen molar-refractivity contribution in [3.63, 3.8) is 0 Å². The van der Waals surface area contributed by atoms with Crippen molar-refractivity contribution in [2.75, 3.05) is 6.54 Å². The minimum atomic E-state index is -0.699. The highest BCUT2D eigenvalue weighted by molar-refractivity contribution is 7.13. The van der Waals surface area contributed by atoms with Crippen molar-refractivity contribution < 1.29 is 18.4 Å².